The molecule has 0 aromatic heterocycles. The first-order chi connectivity index (χ1) is 12.0. The van der Waals surface area contributed by atoms with Gasteiger partial charge in [0, 0.05) is 31.2 Å². The lowest BCUT2D eigenvalue weighted by atomic mass is 9.97. The van der Waals surface area contributed by atoms with Crippen LogP contribution in [0.25, 0.3) is 0 Å². The maximum absolute atomic E-state index is 13.7. The van der Waals surface area contributed by atoms with E-state index in [1.165, 1.54) is 0 Å². The number of piperidine rings is 1. The van der Waals surface area contributed by atoms with Crippen LogP contribution in [0.15, 0.2) is 23.1 Å². The second kappa shape index (κ2) is 7.87. The summed E-state index contributed by atoms with van der Waals surface area (Å²) in [7, 11) is -4.05. The van der Waals surface area contributed by atoms with Crippen molar-refractivity contribution in [1.29, 1.82) is 0 Å². The number of amides is 2. The van der Waals surface area contributed by atoms with E-state index in [2.05, 4.69) is 10.0 Å². The number of benzene rings is 1. The number of likely N-dealkylation sites (tertiary alicyclic amines) is 1. The van der Waals surface area contributed by atoms with Gasteiger partial charge in [0.2, 0.25) is 10.0 Å². The van der Waals surface area contributed by atoms with Crippen molar-refractivity contribution in [3.63, 3.8) is 0 Å². The van der Waals surface area contributed by atoms with Gasteiger partial charge in [0.05, 0.1) is 0 Å². The number of nitrogens with zero attached hydrogens (tertiary/aromatic N) is 1. The molecule has 146 valence electrons. The third-order valence-corrected chi connectivity index (χ3v) is 5.59. The third kappa shape index (κ3) is 5.63. The number of carbonyl (C=O) groups is 1. The summed E-state index contributed by atoms with van der Waals surface area (Å²) in [6.45, 7) is 6.91. The lowest BCUT2D eigenvalue weighted by molar-refractivity contribution is 0.163. The molecular formula is C17H25F2N3O3S. The van der Waals surface area contributed by atoms with E-state index in [9.17, 15) is 22.0 Å². The molecule has 0 bridgehead atoms. The Kier molecular flexibility index (Phi) is 6.23. The first-order valence-electron chi connectivity index (χ1n) is 8.50. The zero-order valence-corrected chi connectivity index (χ0v) is 16.0. The molecule has 26 heavy (non-hydrogen) atoms. The highest BCUT2D eigenvalue weighted by Gasteiger charge is 2.27. The van der Waals surface area contributed by atoms with Crippen molar-refractivity contribution in [3.05, 3.63) is 29.8 Å². The van der Waals surface area contributed by atoms with Crippen LogP contribution in [0.3, 0.4) is 0 Å². The van der Waals surface area contributed by atoms with Gasteiger partial charge < -0.3 is 10.2 Å². The second-order valence-corrected chi connectivity index (χ2v) is 9.27. The van der Waals surface area contributed by atoms with Crippen LogP contribution >= 0.6 is 0 Å². The fourth-order valence-corrected chi connectivity index (χ4v) is 3.91. The van der Waals surface area contributed by atoms with Crippen molar-refractivity contribution in [2.45, 2.75) is 44.0 Å². The van der Waals surface area contributed by atoms with Crippen LogP contribution in [0.2, 0.25) is 0 Å². The van der Waals surface area contributed by atoms with E-state index in [1.807, 2.05) is 20.8 Å². The Hall–Kier alpha value is -1.74. The largest absolute Gasteiger partial charge is 0.333 e. The van der Waals surface area contributed by atoms with Gasteiger partial charge in [-0.15, -0.1) is 0 Å². The predicted molar refractivity (Wildman–Crippen MR) is 94.1 cm³/mol. The zero-order chi connectivity index (χ0) is 19.5. The van der Waals surface area contributed by atoms with E-state index in [1.54, 1.807) is 4.90 Å². The molecule has 0 atom stereocenters. The lowest BCUT2D eigenvalue weighted by Crippen LogP contribution is -2.51. The summed E-state index contributed by atoms with van der Waals surface area (Å²) in [5.41, 5.74) is -0.317. The van der Waals surface area contributed by atoms with E-state index >= 15 is 0 Å². The van der Waals surface area contributed by atoms with Crippen LogP contribution < -0.4 is 10.0 Å². The van der Waals surface area contributed by atoms with Crippen LogP contribution in [-0.2, 0) is 10.0 Å². The lowest BCUT2D eigenvalue weighted by Gasteiger charge is -2.34. The maximum atomic E-state index is 13.7. The minimum atomic E-state index is -4.05. The predicted octanol–water partition coefficient (Wildman–Crippen LogP) is 2.46. The van der Waals surface area contributed by atoms with E-state index in [0.29, 0.717) is 32.0 Å². The molecule has 1 aliphatic heterocycles. The van der Waals surface area contributed by atoms with E-state index in [4.69, 9.17) is 0 Å². The SMILES string of the molecule is CC(C)(C)NC(=O)N1CCC(CNS(=O)(=O)c2ccc(F)cc2F)CC1. The van der Waals surface area contributed by atoms with Crippen LogP contribution in [-0.4, -0.2) is 44.5 Å². The van der Waals surface area contributed by atoms with Crippen molar-refractivity contribution >= 4 is 16.1 Å². The molecule has 1 aromatic rings. The molecule has 1 saturated heterocycles. The van der Waals surface area contributed by atoms with Crippen molar-refractivity contribution in [3.8, 4) is 0 Å². The van der Waals surface area contributed by atoms with Gasteiger partial charge in [0.1, 0.15) is 16.5 Å². The van der Waals surface area contributed by atoms with Crippen LogP contribution in [0.4, 0.5) is 13.6 Å². The van der Waals surface area contributed by atoms with Gasteiger partial charge in [-0.3, -0.25) is 0 Å². The molecule has 1 fully saturated rings. The highest BCUT2D eigenvalue weighted by Crippen LogP contribution is 2.19. The number of sulfonamides is 1. The molecule has 0 saturated carbocycles. The molecule has 2 amide bonds. The highest BCUT2D eigenvalue weighted by molar-refractivity contribution is 7.89. The molecule has 1 heterocycles. The van der Waals surface area contributed by atoms with E-state index < -0.39 is 26.6 Å². The van der Waals surface area contributed by atoms with Gasteiger partial charge in [0.25, 0.3) is 0 Å². The molecule has 0 aliphatic carbocycles. The molecule has 1 aromatic carbocycles. The van der Waals surface area contributed by atoms with Gasteiger partial charge in [0.15, 0.2) is 0 Å². The normalized spacial score (nSPS) is 16.6. The summed E-state index contributed by atoms with van der Waals surface area (Å²) in [6, 6.07) is 2.22. The van der Waals surface area contributed by atoms with Gasteiger partial charge in [-0.05, 0) is 51.7 Å². The second-order valence-electron chi connectivity index (χ2n) is 7.54. The number of nitrogens with one attached hydrogen (secondary N) is 2. The zero-order valence-electron chi connectivity index (χ0n) is 15.2. The van der Waals surface area contributed by atoms with Crippen LogP contribution in [0.1, 0.15) is 33.6 Å². The average molecular weight is 389 g/mol. The van der Waals surface area contributed by atoms with Gasteiger partial charge in [-0.25, -0.2) is 26.7 Å². The number of urea groups is 1. The summed E-state index contributed by atoms with van der Waals surface area (Å²) in [4.78, 5) is 13.3. The van der Waals surface area contributed by atoms with Crippen molar-refractivity contribution in [2.24, 2.45) is 5.92 Å². The number of hydrogen-bond acceptors (Lipinski definition) is 3. The molecule has 6 nitrogen and oxygen atoms in total. The molecule has 0 unspecified atom stereocenters. The standard InChI is InChI=1S/C17H25F2N3O3S/c1-17(2,3)21-16(23)22-8-6-12(7-9-22)11-20-26(24,25)15-5-4-13(18)10-14(15)19/h4-5,10,12,20H,6-9,11H2,1-3H3,(H,21,23). The first kappa shape index (κ1) is 20.6. The smallest absolute Gasteiger partial charge is 0.317 e. The topological polar surface area (TPSA) is 78.5 Å². The third-order valence-electron chi connectivity index (χ3n) is 4.13. The number of hydrogen-bond donors (Lipinski definition) is 2. The minimum Gasteiger partial charge on any atom is -0.333 e. The maximum Gasteiger partial charge on any atom is 0.317 e. The quantitative estimate of drug-likeness (QED) is 0.830. The number of rotatable bonds is 4. The Morgan fingerprint density at radius 3 is 2.38 bits per heavy atom. The highest BCUT2D eigenvalue weighted by atomic mass is 32.2. The summed E-state index contributed by atoms with van der Waals surface area (Å²) in [5.74, 6) is -1.90. The molecule has 1 aliphatic rings. The van der Waals surface area contributed by atoms with Crippen molar-refractivity contribution in [2.75, 3.05) is 19.6 Å². The van der Waals surface area contributed by atoms with Gasteiger partial charge >= 0.3 is 6.03 Å². The number of halogens is 2. The molecular weight excluding hydrogens is 364 g/mol. The van der Waals surface area contributed by atoms with Crippen LogP contribution in [0, 0.1) is 17.6 Å². The van der Waals surface area contributed by atoms with Gasteiger partial charge in [-0.1, -0.05) is 0 Å². The summed E-state index contributed by atoms with van der Waals surface area (Å²) < 4.78 is 53.4. The molecule has 0 spiro atoms. The van der Waals surface area contributed by atoms with E-state index in [0.717, 1.165) is 12.1 Å². The Morgan fingerprint density at radius 2 is 1.85 bits per heavy atom. The first-order valence-corrected chi connectivity index (χ1v) is 9.98. The minimum absolute atomic E-state index is 0.0481. The molecule has 2 rings (SSSR count). The summed E-state index contributed by atoms with van der Waals surface area (Å²) in [6.07, 6.45) is 1.29. The number of carbonyl (C=O) groups excluding carboxylic acids is 1. The summed E-state index contributed by atoms with van der Waals surface area (Å²) in [5, 5.41) is 2.90. The fraction of sp³-hybridized carbons (Fsp3) is 0.588. The Balaban J connectivity index is 1.87. The summed E-state index contributed by atoms with van der Waals surface area (Å²) >= 11 is 0. The Morgan fingerprint density at radius 1 is 1.23 bits per heavy atom. The van der Waals surface area contributed by atoms with E-state index in [-0.39, 0.29) is 24.0 Å². The monoisotopic (exact) mass is 389 g/mol. The Labute approximate surface area is 153 Å². The molecule has 2 N–H and O–H groups in total. The fourth-order valence-electron chi connectivity index (χ4n) is 2.74. The average Bonchev–Trinajstić information content (AvgIpc) is 2.51. The van der Waals surface area contributed by atoms with Gasteiger partial charge in [-0.2, -0.15) is 0 Å². The molecule has 9 heteroatoms. The van der Waals surface area contributed by atoms with Crippen LogP contribution in [0.5, 0.6) is 0 Å². The Bertz CT molecular complexity index is 755. The molecule has 0 radical (unpaired) electrons. The van der Waals surface area contributed by atoms with Crippen molar-refractivity contribution < 1.29 is 22.0 Å². The van der Waals surface area contributed by atoms with Crippen molar-refractivity contribution in [1.82, 2.24) is 14.9 Å².